The van der Waals surface area contributed by atoms with Gasteiger partial charge in [-0.1, -0.05) is 32.1 Å². The number of carbonyl (C=O) groups excluding carboxylic acids is 2. The van der Waals surface area contributed by atoms with Crippen molar-refractivity contribution in [3.63, 3.8) is 0 Å². The standard InChI is InChI=1S/C17H19NO4/c1-4-9-18-16(20)14(15(19)17(18)21)12-5-7-13(8-6-12)22-10-11(2)3/h4-8,11,19H,1,9-10H2,2-3H3. The van der Waals surface area contributed by atoms with Crippen LogP contribution in [0.1, 0.15) is 19.4 Å². The SMILES string of the molecule is C=CCN1C(=O)C(O)=C(c2ccc(OCC(C)C)cc2)C1=O. The Balaban J connectivity index is 2.22. The lowest BCUT2D eigenvalue weighted by atomic mass is 10.1. The third-order valence-corrected chi connectivity index (χ3v) is 3.18. The minimum atomic E-state index is -0.694. The molecule has 1 aromatic rings. The molecule has 1 aromatic carbocycles. The van der Waals surface area contributed by atoms with E-state index in [1.807, 2.05) is 13.8 Å². The van der Waals surface area contributed by atoms with Gasteiger partial charge in [-0.3, -0.25) is 14.5 Å². The number of carbonyl (C=O) groups is 2. The van der Waals surface area contributed by atoms with Gasteiger partial charge in [-0.25, -0.2) is 0 Å². The Kier molecular flexibility index (Phi) is 4.65. The summed E-state index contributed by atoms with van der Waals surface area (Å²) in [6.07, 6.45) is 1.44. The molecule has 0 aromatic heterocycles. The molecule has 1 aliphatic rings. The number of aliphatic hydroxyl groups excluding tert-OH is 1. The van der Waals surface area contributed by atoms with Gasteiger partial charge in [0.05, 0.1) is 12.2 Å². The Morgan fingerprint density at radius 1 is 1.23 bits per heavy atom. The lowest BCUT2D eigenvalue weighted by Gasteiger charge is -2.11. The third kappa shape index (κ3) is 3.03. The Morgan fingerprint density at radius 2 is 1.86 bits per heavy atom. The molecule has 0 atom stereocenters. The van der Waals surface area contributed by atoms with Crippen LogP contribution >= 0.6 is 0 Å². The molecule has 5 heteroatoms. The van der Waals surface area contributed by atoms with Gasteiger partial charge in [0.2, 0.25) is 0 Å². The van der Waals surface area contributed by atoms with E-state index in [2.05, 4.69) is 6.58 Å². The van der Waals surface area contributed by atoms with E-state index < -0.39 is 17.6 Å². The maximum absolute atomic E-state index is 12.2. The summed E-state index contributed by atoms with van der Waals surface area (Å²) in [5.74, 6) is -0.647. The highest BCUT2D eigenvalue weighted by Gasteiger charge is 2.38. The topological polar surface area (TPSA) is 66.8 Å². The van der Waals surface area contributed by atoms with Gasteiger partial charge in [-0.2, -0.15) is 0 Å². The first kappa shape index (κ1) is 15.8. The third-order valence-electron chi connectivity index (χ3n) is 3.18. The van der Waals surface area contributed by atoms with Crippen LogP contribution in [0.3, 0.4) is 0 Å². The number of nitrogens with zero attached hydrogens (tertiary/aromatic N) is 1. The molecule has 5 nitrogen and oxygen atoms in total. The van der Waals surface area contributed by atoms with Crippen LogP contribution in [0.4, 0.5) is 0 Å². The number of rotatable bonds is 6. The molecule has 116 valence electrons. The quantitative estimate of drug-likeness (QED) is 0.647. The van der Waals surface area contributed by atoms with E-state index in [0.717, 1.165) is 4.90 Å². The number of hydrogen-bond donors (Lipinski definition) is 1. The van der Waals surface area contributed by atoms with Crippen molar-refractivity contribution < 1.29 is 19.4 Å². The maximum Gasteiger partial charge on any atom is 0.296 e. The van der Waals surface area contributed by atoms with E-state index in [9.17, 15) is 14.7 Å². The van der Waals surface area contributed by atoms with Gasteiger partial charge < -0.3 is 9.84 Å². The summed E-state index contributed by atoms with van der Waals surface area (Å²) in [6.45, 7) is 8.26. The van der Waals surface area contributed by atoms with Crippen molar-refractivity contribution in [1.82, 2.24) is 4.90 Å². The molecule has 0 spiro atoms. The van der Waals surface area contributed by atoms with E-state index in [-0.39, 0.29) is 12.1 Å². The minimum absolute atomic E-state index is 0.0160. The average molecular weight is 301 g/mol. The van der Waals surface area contributed by atoms with Crippen LogP contribution in [0.5, 0.6) is 5.75 Å². The summed E-state index contributed by atoms with van der Waals surface area (Å²) >= 11 is 0. The lowest BCUT2D eigenvalue weighted by Crippen LogP contribution is -2.31. The molecule has 0 aliphatic carbocycles. The number of benzene rings is 1. The molecule has 0 saturated heterocycles. The van der Waals surface area contributed by atoms with Crippen LogP contribution in [0.15, 0.2) is 42.7 Å². The highest BCUT2D eigenvalue weighted by atomic mass is 16.5. The molecule has 0 bridgehead atoms. The fourth-order valence-electron chi connectivity index (χ4n) is 2.10. The van der Waals surface area contributed by atoms with Crippen LogP contribution < -0.4 is 4.74 Å². The van der Waals surface area contributed by atoms with Gasteiger partial charge in [0.1, 0.15) is 5.75 Å². The Bertz CT molecular complexity index is 629. The number of imide groups is 1. The molecule has 0 unspecified atom stereocenters. The molecule has 0 saturated carbocycles. The fraction of sp³-hybridized carbons (Fsp3) is 0.294. The summed E-state index contributed by atoms with van der Waals surface area (Å²) < 4.78 is 5.57. The number of amides is 2. The van der Waals surface area contributed by atoms with Gasteiger partial charge >= 0.3 is 0 Å². The predicted octanol–water partition coefficient (Wildman–Crippen LogP) is 2.55. The molecule has 2 amide bonds. The first-order chi connectivity index (χ1) is 10.5. The summed E-state index contributed by atoms with van der Waals surface area (Å²) in [5, 5.41) is 9.93. The normalized spacial score (nSPS) is 15.0. The Hall–Kier alpha value is -2.56. The monoisotopic (exact) mass is 301 g/mol. The van der Waals surface area contributed by atoms with Crippen LogP contribution in [-0.2, 0) is 9.59 Å². The zero-order valence-corrected chi connectivity index (χ0v) is 12.7. The van der Waals surface area contributed by atoms with Gasteiger partial charge in [-0.15, -0.1) is 6.58 Å². The maximum atomic E-state index is 12.2. The fourth-order valence-corrected chi connectivity index (χ4v) is 2.10. The summed E-state index contributed by atoms with van der Waals surface area (Å²) in [4.78, 5) is 25.0. The average Bonchev–Trinajstić information content (AvgIpc) is 2.70. The Morgan fingerprint density at radius 3 is 2.41 bits per heavy atom. The largest absolute Gasteiger partial charge is 0.502 e. The van der Waals surface area contributed by atoms with E-state index in [0.29, 0.717) is 23.8 Å². The van der Waals surface area contributed by atoms with Crippen molar-refractivity contribution in [2.24, 2.45) is 5.92 Å². The number of aliphatic hydroxyl groups is 1. The van der Waals surface area contributed by atoms with Crippen LogP contribution in [0, 0.1) is 5.92 Å². The van der Waals surface area contributed by atoms with Crippen molar-refractivity contribution in [2.45, 2.75) is 13.8 Å². The van der Waals surface area contributed by atoms with Gasteiger partial charge in [-0.05, 0) is 23.6 Å². The highest BCUT2D eigenvalue weighted by Crippen LogP contribution is 2.29. The first-order valence-corrected chi connectivity index (χ1v) is 7.09. The van der Waals surface area contributed by atoms with Crippen molar-refractivity contribution in [3.8, 4) is 5.75 Å². The van der Waals surface area contributed by atoms with E-state index >= 15 is 0 Å². The van der Waals surface area contributed by atoms with Gasteiger partial charge in [0, 0.05) is 6.54 Å². The number of ether oxygens (including phenoxy) is 1. The summed E-state index contributed by atoms with van der Waals surface area (Å²) in [7, 11) is 0. The molecule has 0 fully saturated rings. The minimum Gasteiger partial charge on any atom is -0.502 e. The van der Waals surface area contributed by atoms with E-state index in [4.69, 9.17) is 4.74 Å². The van der Waals surface area contributed by atoms with Crippen LogP contribution in [-0.4, -0.2) is 35.0 Å². The lowest BCUT2D eigenvalue weighted by molar-refractivity contribution is -0.137. The highest BCUT2D eigenvalue weighted by molar-refractivity contribution is 6.34. The smallest absolute Gasteiger partial charge is 0.296 e. The zero-order valence-electron chi connectivity index (χ0n) is 12.7. The van der Waals surface area contributed by atoms with Crippen LogP contribution in [0.2, 0.25) is 0 Å². The number of hydrogen-bond acceptors (Lipinski definition) is 4. The van der Waals surface area contributed by atoms with Crippen molar-refractivity contribution >= 4 is 17.4 Å². The molecular weight excluding hydrogens is 282 g/mol. The molecule has 2 rings (SSSR count). The summed E-state index contributed by atoms with van der Waals surface area (Å²) in [6, 6.07) is 6.74. The van der Waals surface area contributed by atoms with Crippen molar-refractivity contribution in [3.05, 3.63) is 48.2 Å². The Labute approximate surface area is 129 Å². The molecule has 1 aliphatic heterocycles. The molecule has 1 heterocycles. The van der Waals surface area contributed by atoms with Crippen molar-refractivity contribution in [2.75, 3.05) is 13.2 Å². The second-order valence-electron chi connectivity index (χ2n) is 5.46. The first-order valence-electron chi connectivity index (χ1n) is 7.09. The predicted molar refractivity (Wildman–Crippen MR) is 83.2 cm³/mol. The second-order valence-corrected chi connectivity index (χ2v) is 5.46. The van der Waals surface area contributed by atoms with Crippen molar-refractivity contribution in [1.29, 1.82) is 0 Å². The van der Waals surface area contributed by atoms with E-state index in [1.165, 1.54) is 6.08 Å². The van der Waals surface area contributed by atoms with Crippen LogP contribution in [0.25, 0.3) is 5.57 Å². The van der Waals surface area contributed by atoms with Gasteiger partial charge in [0.15, 0.2) is 5.76 Å². The molecule has 0 radical (unpaired) electrons. The van der Waals surface area contributed by atoms with E-state index in [1.54, 1.807) is 24.3 Å². The molecular formula is C17H19NO4. The molecule has 22 heavy (non-hydrogen) atoms. The van der Waals surface area contributed by atoms with Gasteiger partial charge in [0.25, 0.3) is 11.8 Å². The summed E-state index contributed by atoms with van der Waals surface area (Å²) in [5.41, 5.74) is 0.501. The zero-order chi connectivity index (χ0) is 16.3. The molecule has 1 N–H and O–H groups in total. The second kappa shape index (κ2) is 6.47.